The molecule has 0 aromatic carbocycles. The molecule has 22 nitrogen and oxygen atoms in total. The standard InChI is InChI=1S/C22H29N11O11P2S/c23-2-1-8-9-3-39-45(36,37)43-15-10(42-20(13(15)34)32-6-28-11-16(24)26-5-27-17(11)32)4-40-46(38,47)44-14(8)21(41-9)33-7-29-12-18(33)30-22(25)31-19(12)35/h5-10,13-15,20-21,34H,1-4,23H2,(H,36,37)(H,38,47)(H2,24,26,27)(H3,25,30,31,35)/t8-,9+,10+,13?,14?,15-,20+,21+,46?/m0/s1. The van der Waals surface area contributed by atoms with Crippen LogP contribution in [0.5, 0.6) is 0 Å². The van der Waals surface area contributed by atoms with Crippen LogP contribution >= 0.6 is 14.5 Å². The molecule has 254 valence electrons. The Balaban J connectivity index is 1.23. The minimum atomic E-state index is -4.95. The Hall–Kier alpha value is -3.02. The summed E-state index contributed by atoms with van der Waals surface area (Å²) in [5.74, 6) is -0.816. The summed E-state index contributed by atoms with van der Waals surface area (Å²) >= 11 is 5.38. The molecule has 0 spiro atoms. The summed E-state index contributed by atoms with van der Waals surface area (Å²) in [5.41, 5.74) is 17.3. The van der Waals surface area contributed by atoms with Crippen molar-refractivity contribution in [3.8, 4) is 0 Å². The van der Waals surface area contributed by atoms with Gasteiger partial charge in [0.25, 0.3) is 5.56 Å². The number of aliphatic hydroxyl groups is 1. The maximum absolute atomic E-state index is 13.3. The highest BCUT2D eigenvalue weighted by Gasteiger charge is 2.53. The van der Waals surface area contributed by atoms with Gasteiger partial charge < -0.3 is 50.6 Å². The van der Waals surface area contributed by atoms with Crippen molar-refractivity contribution in [1.29, 1.82) is 0 Å². The highest BCUT2D eigenvalue weighted by Crippen LogP contribution is 2.55. The first kappa shape index (κ1) is 32.5. The van der Waals surface area contributed by atoms with Crippen molar-refractivity contribution < 1.29 is 47.0 Å². The van der Waals surface area contributed by atoms with E-state index in [0.29, 0.717) is 0 Å². The second-order valence-corrected chi connectivity index (χ2v) is 15.1. The first-order valence-corrected chi connectivity index (χ1v) is 18.1. The Morgan fingerprint density at radius 1 is 0.957 bits per heavy atom. The molecular formula is C22H29N11O11P2S. The van der Waals surface area contributed by atoms with Crippen molar-refractivity contribution >= 4 is 60.4 Å². The van der Waals surface area contributed by atoms with Crippen LogP contribution in [-0.2, 0) is 43.9 Å². The minimum Gasteiger partial charge on any atom is -0.386 e. The molecule has 47 heavy (non-hydrogen) atoms. The van der Waals surface area contributed by atoms with Crippen LogP contribution in [-0.4, -0.2) is 104 Å². The fourth-order valence-electron chi connectivity index (χ4n) is 5.94. The molecule has 3 aliphatic heterocycles. The Morgan fingerprint density at radius 3 is 2.43 bits per heavy atom. The number of phosphoric ester groups is 1. The number of aromatic amines is 1. The third-order valence-corrected chi connectivity index (χ3v) is 10.5. The van der Waals surface area contributed by atoms with Gasteiger partial charge in [0.15, 0.2) is 35.1 Å². The van der Waals surface area contributed by atoms with E-state index in [1.165, 1.54) is 28.1 Å². The maximum Gasteiger partial charge on any atom is 0.472 e. The number of rotatable bonds is 4. The lowest BCUT2D eigenvalue weighted by Crippen LogP contribution is -2.36. The van der Waals surface area contributed by atoms with Crippen LogP contribution in [0.4, 0.5) is 11.8 Å². The van der Waals surface area contributed by atoms with E-state index in [2.05, 4.69) is 29.9 Å². The fraction of sp³-hybridized carbons (Fsp3) is 0.545. The van der Waals surface area contributed by atoms with Crippen molar-refractivity contribution in [3.05, 3.63) is 29.3 Å². The summed E-state index contributed by atoms with van der Waals surface area (Å²) < 4.78 is 50.8. The van der Waals surface area contributed by atoms with Gasteiger partial charge in [-0.15, -0.1) is 0 Å². The number of nitrogens with one attached hydrogen (secondary N) is 1. The predicted molar refractivity (Wildman–Crippen MR) is 161 cm³/mol. The largest absolute Gasteiger partial charge is 0.472 e. The highest BCUT2D eigenvalue weighted by atomic mass is 32.5. The lowest BCUT2D eigenvalue weighted by Gasteiger charge is -2.28. The lowest BCUT2D eigenvalue weighted by atomic mass is 9.94. The quantitative estimate of drug-likeness (QED) is 0.117. The van der Waals surface area contributed by atoms with Crippen LogP contribution in [0.2, 0.25) is 0 Å². The van der Waals surface area contributed by atoms with E-state index in [1.807, 2.05) is 0 Å². The third kappa shape index (κ3) is 5.97. The average molecular weight is 718 g/mol. The first-order valence-electron chi connectivity index (χ1n) is 14.0. The number of fused-ring (bicyclic) bond motifs is 5. The summed E-state index contributed by atoms with van der Waals surface area (Å²) in [6.07, 6.45) is -5.04. The Kier molecular flexibility index (Phi) is 8.40. The van der Waals surface area contributed by atoms with Crippen LogP contribution in [0.15, 0.2) is 23.8 Å². The van der Waals surface area contributed by atoms with Gasteiger partial charge in [-0.1, -0.05) is 0 Å². The summed E-state index contributed by atoms with van der Waals surface area (Å²) in [5, 5.41) is 11.3. The summed E-state index contributed by atoms with van der Waals surface area (Å²) in [6.45, 7) is -5.18. The van der Waals surface area contributed by atoms with Crippen LogP contribution in [0.3, 0.4) is 0 Å². The summed E-state index contributed by atoms with van der Waals surface area (Å²) in [7, 11) is -4.95. The molecule has 4 unspecified atom stereocenters. The van der Waals surface area contributed by atoms with E-state index >= 15 is 0 Å². The Bertz CT molecular complexity index is 1980. The number of aliphatic hydroxyl groups excluding tert-OH is 1. The van der Waals surface area contributed by atoms with E-state index in [0.717, 1.165) is 0 Å². The zero-order valence-corrected chi connectivity index (χ0v) is 26.6. The topological polar surface area (TPSA) is 318 Å². The summed E-state index contributed by atoms with van der Waals surface area (Å²) in [4.78, 5) is 57.4. The number of phosphoric acid groups is 1. The maximum atomic E-state index is 13.3. The molecule has 0 aliphatic carbocycles. The van der Waals surface area contributed by atoms with Gasteiger partial charge in [-0.3, -0.25) is 28.0 Å². The molecule has 3 fully saturated rings. The highest BCUT2D eigenvalue weighted by molar-refractivity contribution is 8.07. The van der Waals surface area contributed by atoms with Crippen molar-refractivity contribution in [1.82, 2.24) is 39.0 Å². The number of ether oxygens (including phenoxy) is 2. The van der Waals surface area contributed by atoms with Crippen molar-refractivity contribution in [3.63, 3.8) is 0 Å². The molecular weight excluding hydrogens is 688 g/mol. The van der Waals surface area contributed by atoms with E-state index in [9.17, 15) is 24.3 Å². The molecule has 2 bridgehead atoms. The second-order valence-electron chi connectivity index (χ2n) is 10.9. The number of nitrogen functional groups attached to an aromatic ring is 2. The molecule has 7 rings (SSSR count). The van der Waals surface area contributed by atoms with Crippen LogP contribution in [0.25, 0.3) is 22.3 Å². The van der Waals surface area contributed by atoms with Crippen LogP contribution in [0, 0.1) is 5.92 Å². The molecule has 3 saturated heterocycles. The molecule has 25 heteroatoms. The number of nitrogens with zero attached hydrogens (tertiary/aromatic N) is 7. The van der Waals surface area contributed by atoms with Crippen molar-refractivity contribution in [2.75, 3.05) is 31.2 Å². The van der Waals surface area contributed by atoms with Crippen molar-refractivity contribution in [2.45, 2.75) is 49.4 Å². The smallest absolute Gasteiger partial charge is 0.386 e. The molecule has 0 saturated carbocycles. The van der Waals surface area contributed by atoms with E-state index < -0.39 is 82.2 Å². The van der Waals surface area contributed by atoms with Crippen molar-refractivity contribution in [2.24, 2.45) is 11.7 Å². The predicted octanol–water partition coefficient (Wildman–Crippen LogP) is -1.62. The molecule has 4 aromatic rings. The Morgan fingerprint density at radius 2 is 1.66 bits per heavy atom. The zero-order valence-electron chi connectivity index (χ0n) is 24.0. The summed E-state index contributed by atoms with van der Waals surface area (Å²) in [6, 6.07) is 0. The van der Waals surface area contributed by atoms with Gasteiger partial charge in [-0.05, 0) is 24.8 Å². The van der Waals surface area contributed by atoms with Crippen LogP contribution < -0.4 is 22.8 Å². The number of nitrogens with two attached hydrogens (primary N) is 3. The van der Waals surface area contributed by atoms with Gasteiger partial charge in [-0.2, -0.15) is 4.98 Å². The minimum absolute atomic E-state index is 0.0311. The number of imidazole rings is 2. The van der Waals surface area contributed by atoms with Gasteiger partial charge in [0.05, 0.1) is 32.0 Å². The van der Waals surface area contributed by atoms with Crippen LogP contribution in [0.1, 0.15) is 18.9 Å². The zero-order chi connectivity index (χ0) is 33.2. The third-order valence-electron chi connectivity index (χ3n) is 8.00. The monoisotopic (exact) mass is 717 g/mol. The Labute approximate surface area is 268 Å². The number of aromatic nitrogens is 8. The van der Waals surface area contributed by atoms with E-state index in [1.54, 1.807) is 0 Å². The first-order chi connectivity index (χ1) is 22.4. The SMILES string of the molecule is NCC[C@@H]1C2OP(O)(=S)OC[C@H]3O[C@@H](n4cnc5c(N)ncnc54)C(O)[C@H]3OP(=O)(O)OC[C@H]1O[C@H]2n1cnc2c(=O)[nH]c(N)nc21. The number of hydrogen-bond donors (Lipinski definition) is 7. The number of hydrogen-bond acceptors (Lipinski definition) is 18. The molecule has 10 N–H and O–H groups in total. The number of H-pyrrole nitrogens is 1. The van der Waals surface area contributed by atoms with Gasteiger partial charge in [0.1, 0.15) is 36.3 Å². The fourth-order valence-corrected chi connectivity index (χ4v) is 8.35. The number of anilines is 2. The normalized spacial score (nSPS) is 36.6. The molecule has 0 amide bonds. The molecule has 7 heterocycles. The van der Waals surface area contributed by atoms with Gasteiger partial charge in [0.2, 0.25) is 5.95 Å². The molecule has 4 aromatic heterocycles. The van der Waals surface area contributed by atoms with Gasteiger partial charge in [0, 0.05) is 5.92 Å². The van der Waals surface area contributed by atoms with E-state index in [4.69, 9.17) is 56.6 Å². The second kappa shape index (κ2) is 12.1. The molecule has 0 radical (unpaired) electrons. The molecule has 3 aliphatic rings. The molecule has 10 atom stereocenters. The van der Waals surface area contributed by atoms with E-state index in [-0.39, 0.29) is 47.1 Å². The van der Waals surface area contributed by atoms with Gasteiger partial charge in [-0.25, -0.2) is 24.5 Å². The van der Waals surface area contributed by atoms with Gasteiger partial charge >= 0.3 is 14.5 Å². The lowest BCUT2D eigenvalue weighted by molar-refractivity contribution is -0.0631. The average Bonchev–Trinajstić information content (AvgIpc) is 3.76.